The van der Waals surface area contributed by atoms with Gasteiger partial charge >= 0.3 is 6.03 Å². The minimum absolute atomic E-state index is 0.00343. The van der Waals surface area contributed by atoms with Crippen molar-refractivity contribution in [2.75, 3.05) is 52.5 Å². The van der Waals surface area contributed by atoms with Crippen LogP contribution >= 0.6 is 11.6 Å². The number of carbonyl (C=O) groups is 1. The van der Waals surface area contributed by atoms with Crippen LogP contribution in [0.1, 0.15) is 24.0 Å². The molecule has 0 radical (unpaired) electrons. The highest BCUT2D eigenvalue weighted by molar-refractivity contribution is 6.31. The summed E-state index contributed by atoms with van der Waals surface area (Å²) in [6.45, 7) is 6.59. The molecule has 1 atom stereocenters. The smallest absolute Gasteiger partial charge is 0.317 e. The van der Waals surface area contributed by atoms with Gasteiger partial charge in [0.1, 0.15) is 5.60 Å². The van der Waals surface area contributed by atoms with Gasteiger partial charge in [0, 0.05) is 44.4 Å². The molecule has 0 bridgehead atoms. The second-order valence-corrected chi connectivity index (χ2v) is 8.15. The van der Waals surface area contributed by atoms with Crippen molar-refractivity contribution < 1.29 is 14.3 Å². The molecular weight excluding hydrogens is 366 g/mol. The lowest BCUT2D eigenvalue weighted by Crippen LogP contribution is -2.59. The number of benzene rings is 1. The largest absolute Gasteiger partial charge is 0.378 e. The molecule has 148 valence electrons. The van der Waals surface area contributed by atoms with E-state index in [1.165, 1.54) is 11.1 Å². The number of carbonyl (C=O) groups excluding carboxylic acids is 1. The third-order valence-electron chi connectivity index (χ3n) is 5.81. The molecule has 4 rings (SSSR count). The van der Waals surface area contributed by atoms with Crippen LogP contribution in [0, 0.1) is 0 Å². The van der Waals surface area contributed by atoms with E-state index in [0.717, 1.165) is 50.5 Å². The second kappa shape index (κ2) is 8.35. The number of ether oxygens (including phenoxy) is 2. The minimum atomic E-state index is -0.302. The average molecular weight is 394 g/mol. The molecule has 27 heavy (non-hydrogen) atoms. The SMILES string of the molecule is O=C(NCCN1CCc2c(Cl)cccc2C1)N1CCOC2(CCCOC2)C1. The first-order valence-electron chi connectivity index (χ1n) is 9.88. The Morgan fingerprint density at radius 2 is 2.22 bits per heavy atom. The molecule has 1 spiro atoms. The van der Waals surface area contributed by atoms with E-state index in [1.54, 1.807) is 0 Å². The Morgan fingerprint density at radius 3 is 3.07 bits per heavy atom. The summed E-state index contributed by atoms with van der Waals surface area (Å²) in [5.41, 5.74) is 2.27. The zero-order valence-corrected chi connectivity index (χ0v) is 16.5. The number of hydrogen-bond donors (Lipinski definition) is 1. The van der Waals surface area contributed by atoms with Crippen molar-refractivity contribution in [2.24, 2.45) is 0 Å². The van der Waals surface area contributed by atoms with Crippen molar-refractivity contribution in [2.45, 2.75) is 31.4 Å². The lowest BCUT2D eigenvalue weighted by molar-refractivity contribution is -0.160. The van der Waals surface area contributed by atoms with E-state index < -0.39 is 0 Å². The average Bonchev–Trinajstić information content (AvgIpc) is 2.69. The maximum atomic E-state index is 12.6. The first-order chi connectivity index (χ1) is 13.2. The van der Waals surface area contributed by atoms with Gasteiger partial charge < -0.3 is 19.7 Å². The molecule has 2 saturated heterocycles. The molecule has 1 aromatic carbocycles. The summed E-state index contributed by atoms with van der Waals surface area (Å²) >= 11 is 6.28. The molecule has 6 nitrogen and oxygen atoms in total. The van der Waals surface area contributed by atoms with Gasteiger partial charge in [0.15, 0.2) is 0 Å². The Bertz CT molecular complexity index is 673. The van der Waals surface area contributed by atoms with Crippen LogP contribution in [0.15, 0.2) is 18.2 Å². The standard InChI is InChI=1S/C20H28ClN3O3/c21-18-4-1-3-16-13-23(8-5-17(16)18)9-7-22-19(25)24-10-12-27-20(14-24)6-2-11-26-15-20/h1,3-4H,2,5-15H2,(H,22,25). The van der Waals surface area contributed by atoms with Crippen LogP contribution in [-0.4, -0.2) is 74.0 Å². The predicted molar refractivity (Wildman–Crippen MR) is 104 cm³/mol. The second-order valence-electron chi connectivity index (χ2n) is 7.74. The fourth-order valence-corrected chi connectivity index (χ4v) is 4.62. The Hall–Kier alpha value is -1.34. The molecule has 7 heteroatoms. The van der Waals surface area contributed by atoms with Gasteiger partial charge in [0.05, 0.1) is 19.8 Å². The first-order valence-corrected chi connectivity index (χ1v) is 10.3. The molecule has 2 fully saturated rings. The summed E-state index contributed by atoms with van der Waals surface area (Å²) in [5.74, 6) is 0. The van der Waals surface area contributed by atoms with E-state index in [1.807, 2.05) is 17.0 Å². The lowest BCUT2D eigenvalue weighted by atomic mass is 9.94. The van der Waals surface area contributed by atoms with E-state index in [2.05, 4.69) is 16.3 Å². The summed E-state index contributed by atoms with van der Waals surface area (Å²) in [4.78, 5) is 16.8. The topological polar surface area (TPSA) is 54.0 Å². The molecule has 1 N–H and O–H groups in total. The Labute approximate surface area is 165 Å². The zero-order valence-electron chi connectivity index (χ0n) is 15.7. The maximum absolute atomic E-state index is 12.6. The molecule has 3 heterocycles. The van der Waals surface area contributed by atoms with Crippen molar-refractivity contribution in [1.82, 2.24) is 15.1 Å². The van der Waals surface area contributed by atoms with Gasteiger partial charge in [0.25, 0.3) is 0 Å². The summed E-state index contributed by atoms with van der Waals surface area (Å²) in [7, 11) is 0. The number of hydrogen-bond acceptors (Lipinski definition) is 4. The molecule has 3 aliphatic heterocycles. The van der Waals surface area contributed by atoms with E-state index >= 15 is 0 Å². The number of morpholine rings is 1. The number of amides is 2. The summed E-state index contributed by atoms with van der Waals surface area (Å²) in [6.07, 6.45) is 2.93. The highest BCUT2D eigenvalue weighted by Gasteiger charge is 2.40. The van der Waals surface area contributed by atoms with Crippen molar-refractivity contribution in [1.29, 1.82) is 0 Å². The van der Waals surface area contributed by atoms with Gasteiger partial charge in [-0.25, -0.2) is 4.79 Å². The van der Waals surface area contributed by atoms with Crippen LogP contribution in [0.25, 0.3) is 0 Å². The quantitative estimate of drug-likeness (QED) is 0.856. The van der Waals surface area contributed by atoms with Crippen LogP contribution in [0.5, 0.6) is 0 Å². The summed E-state index contributed by atoms with van der Waals surface area (Å²) < 4.78 is 11.6. The highest BCUT2D eigenvalue weighted by atomic mass is 35.5. The molecule has 0 aliphatic carbocycles. The molecule has 0 saturated carbocycles. The van der Waals surface area contributed by atoms with Crippen molar-refractivity contribution in [3.63, 3.8) is 0 Å². The van der Waals surface area contributed by atoms with Gasteiger partial charge in [-0.15, -0.1) is 0 Å². The molecule has 0 aromatic heterocycles. The molecule has 1 aromatic rings. The van der Waals surface area contributed by atoms with Crippen LogP contribution in [0.2, 0.25) is 5.02 Å². The molecule has 3 aliphatic rings. The summed E-state index contributed by atoms with van der Waals surface area (Å²) in [6, 6.07) is 6.12. The van der Waals surface area contributed by atoms with Gasteiger partial charge in [-0.1, -0.05) is 23.7 Å². The first kappa shape index (κ1) is 19.0. The van der Waals surface area contributed by atoms with Crippen LogP contribution in [0.4, 0.5) is 4.79 Å². The van der Waals surface area contributed by atoms with E-state index in [9.17, 15) is 4.79 Å². The third-order valence-corrected chi connectivity index (χ3v) is 6.17. The number of fused-ring (bicyclic) bond motifs is 1. The van der Waals surface area contributed by atoms with Crippen molar-refractivity contribution in [3.8, 4) is 0 Å². The summed E-state index contributed by atoms with van der Waals surface area (Å²) in [5, 5.41) is 3.95. The van der Waals surface area contributed by atoms with Gasteiger partial charge in [-0.05, 0) is 36.5 Å². The molecular formula is C20H28ClN3O3. The van der Waals surface area contributed by atoms with E-state index in [4.69, 9.17) is 21.1 Å². The monoisotopic (exact) mass is 393 g/mol. The number of rotatable bonds is 3. The Kier molecular flexibility index (Phi) is 5.88. The van der Waals surface area contributed by atoms with Crippen LogP contribution in [-0.2, 0) is 22.4 Å². The van der Waals surface area contributed by atoms with Crippen LogP contribution < -0.4 is 5.32 Å². The van der Waals surface area contributed by atoms with Crippen molar-refractivity contribution in [3.05, 3.63) is 34.3 Å². The maximum Gasteiger partial charge on any atom is 0.317 e. The van der Waals surface area contributed by atoms with E-state index in [0.29, 0.717) is 32.8 Å². The molecule has 2 amide bonds. The lowest BCUT2D eigenvalue weighted by Gasteiger charge is -2.44. The van der Waals surface area contributed by atoms with Gasteiger partial charge in [-0.3, -0.25) is 4.90 Å². The Balaban J connectivity index is 1.24. The minimum Gasteiger partial charge on any atom is -0.378 e. The normalized spacial score (nSPS) is 26.0. The fraction of sp³-hybridized carbons (Fsp3) is 0.650. The third kappa shape index (κ3) is 4.40. The predicted octanol–water partition coefficient (Wildman–Crippen LogP) is 2.29. The van der Waals surface area contributed by atoms with Gasteiger partial charge in [0.2, 0.25) is 0 Å². The van der Waals surface area contributed by atoms with Crippen molar-refractivity contribution >= 4 is 17.6 Å². The number of urea groups is 1. The molecule has 1 unspecified atom stereocenters. The highest BCUT2D eigenvalue weighted by Crippen LogP contribution is 2.28. The van der Waals surface area contributed by atoms with E-state index in [-0.39, 0.29) is 11.6 Å². The zero-order chi connectivity index (χ0) is 18.7. The number of nitrogens with one attached hydrogen (secondary N) is 1. The van der Waals surface area contributed by atoms with Crippen LogP contribution in [0.3, 0.4) is 0 Å². The Morgan fingerprint density at radius 1 is 1.30 bits per heavy atom. The fourth-order valence-electron chi connectivity index (χ4n) is 4.33. The van der Waals surface area contributed by atoms with Gasteiger partial charge in [-0.2, -0.15) is 0 Å². The number of nitrogens with zero attached hydrogens (tertiary/aromatic N) is 2. The number of halogens is 1.